The number of carbonyl (C=O) groups excluding carboxylic acids is 2. The van der Waals surface area contributed by atoms with Gasteiger partial charge in [-0.3, -0.25) is 9.59 Å². The van der Waals surface area contributed by atoms with Gasteiger partial charge in [0.05, 0.1) is 12.6 Å². The van der Waals surface area contributed by atoms with Crippen LogP contribution < -0.4 is 10.1 Å². The minimum absolute atomic E-state index is 0.00743. The first-order valence-corrected chi connectivity index (χ1v) is 10.5. The van der Waals surface area contributed by atoms with Crippen molar-refractivity contribution < 1.29 is 19.4 Å². The number of carbonyl (C=O) groups is 2. The van der Waals surface area contributed by atoms with Crippen molar-refractivity contribution in [3.8, 4) is 5.75 Å². The fourth-order valence-electron chi connectivity index (χ4n) is 3.63. The van der Waals surface area contributed by atoms with Crippen LogP contribution in [0, 0.1) is 17.8 Å². The predicted octanol–water partition coefficient (Wildman–Crippen LogP) is 3.53. The number of Topliss-reactive ketones (excluding diaryl/α,β-unsaturated/α-hetero) is 1. The van der Waals surface area contributed by atoms with Crippen molar-refractivity contribution in [1.29, 1.82) is 0 Å². The number of ether oxygens (including phenoxy) is 1. The van der Waals surface area contributed by atoms with Gasteiger partial charge in [0.2, 0.25) is 5.91 Å². The zero-order valence-corrected chi connectivity index (χ0v) is 17.4. The van der Waals surface area contributed by atoms with Crippen LogP contribution in [-0.4, -0.2) is 36.1 Å². The number of aliphatic hydroxyl groups is 1. The third-order valence-electron chi connectivity index (χ3n) is 5.35. The molecular formula is C23H35NO4. The summed E-state index contributed by atoms with van der Waals surface area (Å²) in [5.41, 5.74) is 1.08. The maximum absolute atomic E-state index is 12.9. The molecule has 5 nitrogen and oxygen atoms in total. The van der Waals surface area contributed by atoms with E-state index in [4.69, 9.17) is 4.74 Å². The number of fused-ring (bicyclic) bond motifs is 14. The van der Waals surface area contributed by atoms with Crippen LogP contribution in [0.4, 0.5) is 0 Å². The number of hydrogen-bond donors (Lipinski definition) is 2. The fraction of sp³-hybridized carbons (Fsp3) is 0.652. The average molecular weight is 390 g/mol. The number of hydrogen-bond acceptors (Lipinski definition) is 4. The first-order chi connectivity index (χ1) is 13.4. The maximum atomic E-state index is 12.9. The van der Waals surface area contributed by atoms with Crippen LogP contribution in [0.15, 0.2) is 24.3 Å². The quantitative estimate of drug-likeness (QED) is 0.829. The molecule has 2 N–H and O–H groups in total. The van der Waals surface area contributed by atoms with E-state index >= 15 is 0 Å². The predicted molar refractivity (Wildman–Crippen MR) is 110 cm³/mol. The Bertz CT molecular complexity index is 626. The molecule has 3 rings (SSSR count). The number of aliphatic hydroxyl groups excluding tert-OH is 1. The molecule has 0 saturated heterocycles. The minimum Gasteiger partial charge on any atom is -0.494 e. The van der Waals surface area contributed by atoms with E-state index in [1.54, 1.807) is 0 Å². The third kappa shape index (κ3) is 7.27. The van der Waals surface area contributed by atoms with Gasteiger partial charge < -0.3 is 15.2 Å². The molecule has 1 aromatic rings. The van der Waals surface area contributed by atoms with Gasteiger partial charge in [0.25, 0.3) is 0 Å². The molecule has 0 radical (unpaired) electrons. The summed E-state index contributed by atoms with van der Waals surface area (Å²) in [5.74, 6) is 0.776. The first kappa shape index (κ1) is 22.4. The molecule has 0 aromatic heterocycles. The van der Waals surface area contributed by atoms with Gasteiger partial charge in [-0.15, -0.1) is 0 Å². The summed E-state index contributed by atoms with van der Waals surface area (Å²) in [7, 11) is 0. The highest BCUT2D eigenvalue weighted by atomic mass is 16.5. The Hall–Kier alpha value is -1.88. The molecule has 0 saturated carbocycles. The van der Waals surface area contributed by atoms with Crippen LogP contribution >= 0.6 is 0 Å². The smallest absolute Gasteiger partial charge is 0.223 e. The Labute approximate surface area is 168 Å². The van der Waals surface area contributed by atoms with Crippen molar-refractivity contribution in [3.05, 3.63) is 29.8 Å². The lowest BCUT2D eigenvalue weighted by Crippen LogP contribution is -2.45. The molecule has 0 fully saturated rings. The summed E-state index contributed by atoms with van der Waals surface area (Å²) in [6, 6.07) is 7.40. The number of amides is 1. The highest BCUT2D eigenvalue weighted by Crippen LogP contribution is 2.20. The SMILES string of the molecule is CC(C)C[C@@H]1NC(=O)[C@@H](C)Cc2ccc(cc2)OCCCC[C@@H](CO)CC1=O. The van der Waals surface area contributed by atoms with Crippen molar-refractivity contribution in [1.82, 2.24) is 5.32 Å². The second-order valence-corrected chi connectivity index (χ2v) is 8.50. The number of ketones is 1. The molecule has 0 unspecified atom stereocenters. The van der Waals surface area contributed by atoms with Gasteiger partial charge in [0.15, 0.2) is 5.78 Å². The number of rotatable bonds is 3. The van der Waals surface area contributed by atoms with E-state index in [-0.39, 0.29) is 30.1 Å². The van der Waals surface area contributed by atoms with Gasteiger partial charge in [-0.2, -0.15) is 0 Å². The van der Waals surface area contributed by atoms with Gasteiger partial charge in [-0.25, -0.2) is 0 Å². The number of benzene rings is 1. The Morgan fingerprint density at radius 1 is 1.14 bits per heavy atom. The van der Waals surface area contributed by atoms with E-state index in [2.05, 4.69) is 19.2 Å². The molecule has 0 spiro atoms. The summed E-state index contributed by atoms with van der Waals surface area (Å²) in [6.45, 7) is 6.61. The zero-order chi connectivity index (χ0) is 20.5. The van der Waals surface area contributed by atoms with Gasteiger partial charge in [-0.05, 0) is 61.6 Å². The first-order valence-electron chi connectivity index (χ1n) is 10.5. The van der Waals surface area contributed by atoms with Gasteiger partial charge in [0.1, 0.15) is 5.75 Å². The molecule has 2 aliphatic rings. The highest BCUT2D eigenvalue weighted by Gasteiger charge is 2.26. The third-order valence-corrected chi connectivity index (χ3v) is 5.35. The Morgan fingerprint density at radius 3 is 2.50 bits per heavy atom. The summed E-state index contributed by atoms with van der Waals surface area (Å²) in [6.07, 6.45) is 4.11. The molecule has 1 aromatic carbocycles. The molecular weight excluding hydrogens is 354 g/mol. The fourth-order valence-corrected chi connectivity index (χ4v) is 3.63. The van der Waals surface area contributed by atoms with E-state index in [1.165, 1.54) is 0 Å². The lowest BCUT2D eigenvalue weighted by molar-refractivity contribution is -0.130. The standard InChI is InChI=1S/C23H35NO4/c1-16(2)12-21-22(26)14-19(15-25)6-4-5-11-28-20-9-7-18(8-10-20)13-17(3)23(27)24-21/h7-10,16-17,19,21,25H,4-6,11-15H2,1-3H3,(H,24,27)/t17-,19+,21-/m0/s1. The molecule has 3 atom stereocenters. The summed E-state index contributed by atoms with van der Waals surface area (Å²) in [4.78, 5) is 25.6. The van der Waals surface area contributed by atoms with Gasteiger partial charge in [0, 0.05) is 18.9 Å². The molecule has 5 heteroatoms. The molecule has 2 aliphatic heterocycles. The summed E-state index contributed by atoms with van der Waals surface area (Å²) < 4.78 is 5.77. The average Bonchev–Trinajstić information content (AvgIpc) is 2.66. The summed E-state index contributed by atoms with van der Waals surface area (Å²) in [5, 5.41) is 12.7. The van der Waals surface area contributed by atoms with Gasteiger partial charge >= 0.3 is 0 Å². The minimum atomic E-state index is -0.481. The molecule has 2 bridgehead atoms. The molecule has 0 aliphatic carbocycles. The van der Waals surface area contributed by atoms with E-state index < -0.39 is 6.04 Å². The van der Waals surface area contributed by atoms with Gasteiger partial charge in [-0.1, -0.05) is 32.9 Å². The highest BCUT2D eigenvalue weighted by molar-refractivity contribution is 5.89. The Kier molecular flexibility index (Phi) is 8.97. The van der Waals surface area contributed by atoms with E-state index in [0.717, 1.165) is 30.6 Å². The lowest BCUT2D eigenvalue weighted by atomic mass is 9.90. The van der Waals surface area contributed by atoms with Crippen molar-refractivity contribution in [2.24, 2.45) is 17.8 Å². The van der Waals surface area contributed by atoms with Crippen LogP contribution in [0.5, 0.6) is 5.75 Å². The van der Waals surface area contributed by atoms with Crippen LogP contribution in [-0.2, 0) is 16.0 Å². The number of nitrogens with one attached hydrogen (secondary N) is 1. The van der Waals surface area contributed by atoms with E-state index in [1.807, 2.05) is 31.2 Å². The molecule has 28 heavy (non-hydrogen) atoms. The molecule has 2 heterocycles. The van der Waals surface area contributed by atoms with E-state index in [0.29, 0.717) is 31.8 Å². The second kappa shape index (κ2) is 11.2. The van der Waals surface area contributed by atoms with Crippen molar-refractivity contribution in [2.75, 3.05) is 13.2 Å². The Balaban J connectivity index is 2.17. The largest absolute Gasteiger partial charge is 0.494 e. The monoisotopic (exact) mass is 389 g/mol. The van der Waals surface area contributed by atoms with Crippen LogP contribution in [0.1, 0.15) is 58.4 Å². The van der Waals surface area contributed by atoms with Crippen LogP contribution in [0.3, 0.4) is 0 Å². The van der Waals surface area contributed by atoms with Crippen molar-refractivity contribution in [2.45, 2.75) is 65.3 Å². The molecule has 1 amide bonds. The van der Waals surface area contributed by atoms with Crippen LogP contribution in [0.25, 0.3) is 0 Å². The van der Waals surface area contributed by atoms with Crippen LogP contribution in [0.2, 0.25) is 0 Å². The second-order valence-electron chi connectivity index (χ2n) is 8.50. The normalized spacial score (nSPS) is 25.2. The lowest BCUT2D eigenvalue weighted by Gasteiger charge is -2.23. The van der Waals surface area contributed by atoms with Crippen molar-refractivity contribution >= 4 is 11.7 Å². The molecule has 156 valence electrons. The van der Waals surface area contributed by atoms with Crippen molar-refractivity contribution in [3.63, 3.8) is 0 Å². The summed E-state index contributed by atoms with van der Waals surface area (Å²) >= 11 is 0. The maximum Gasteiger partial charge on any atom is 0.223 e. The topological polar surface area (TPSA) is 75.6 Å². The zero-order valence-electron chi connectivity index (χ0n) is 17.4. The Morgan fingerprint density at radius 2 is 1.86 bits per heavy atom. The van der Waals surface area contributed by atoms with E-state index in [9.17, 15) is 14.7 Å².